The first kappa shape index (κ1) is 12.9. The maximum Gasteiger partial charge on any atom is 0.146 e. The number of anilines is 1. The van der Waals surface area contributed by atoms with Crippen LogP contribution in [-0.4, -0.2) is 30.6 Å². The number of aryl methyl sites for hydroxylation is 1. The van der Waals surface area contributed by atoms with Gasteiger partial charge in [-0.05, 0) is 37.5 Å². The summed E-state index contributed by atoms with van der Waals surface area (Å²) in [6.45, 7) is 4.65. The summed E-state index contributed by atoms with van der Waals surface area (Å²) in [5.41, 5.74) is 1.69. The number of hydrogen-bond acceptors (Lipinski definition) is 2. The molecular weight excluding hydrogens is 227 g/mol. The van der Waals surface area contributed by atoms with E-state index in [2.05, 4.69) is 16.1 Å². The summed E-state index contributed by atoms with van der Waals surface area (Å²) < 4.78 is 13.6. The lowest BCUT2D eigenvalue weighted by atomic mass is 10.0. The molecule has 0 unspecified atom stereocenters. The Hall–Kier alpha value is -1.53. The molecule has 2 rings (SSSR count). The molecule has 0 amide bonds. The first-order valence-electron chi connectivity index (χ1n) is 6.37. The fraction of sp³-hybridized carbons (Fsp3) is 0.467. The van der Waals surface area contributed by atoms with E-state index >= 15 is 0 Å². The van der Waals surface area contributed by atoms with Gasteiger partial charge in [0, 0.05) is 19.1 Å². The molecule has 96 valence electrons. The van der Waals surface area contributed by atoms with E-state index in [0.717, 1.165) is 31.5 Å². The lowest BCUT2D eigenvalue weighted by Gasteiger charge is -2.31. The van der Waals surface area contributed by atoms with E-state index < -0.39 is 0 Å². The number of benzene rings is 1. The van der Waals surface area contributed by atoms with Crippen LogP contribution in [0.15, 0.2) is 18.2 Å². The third-order valence-electron chi connectivity index (χ3n) is 3.38. The number of piperidine rings is 1. The van der Waals surface area contributed by atoms with Crippen LogP contribution < -0.4 is 5.32 Å². The summed E-state index contributed by atoms with van der Waals surface area (Å²) >= 11 is 0. The van der Waals surface area contributed by atoms with Gasteiger partial charge in [0.1, 0.15) is 5.82 Å². The first-order valence-corrected chi connectivity index (χ1v) is 6.37. The Labute approximate surface area is 108 Å². The van der Waals surface area contributed by atoms with Gasteiger partial charge in [-0.25, -0.2) is 4.39 Å². The minimum atomic E-state index is -0.174. The molecule has 1 heterocycles. The van der Waals surface area contributed by atoms with Crippen molar-refractivity contribution in [3.63, 3.8) is 0 Å². The largest absolute Gasteiger partial charge is 0.380 e. The molecule has 0 saturated carbocycles. The lowest BCUT2D eigenvalue weighted by Crippen LogP contribution is -2.39. The molecule has 0 bridgehead atoms. The van der Waals surface area contributed by atoms with E-state index in [1.807, 2.05) is 13.0 Å². The zero-order valence-corrected chi connectivity index (χ0v) is 10.7. The topological polar surface area (TPSA) is 15.3 Å². The fourth-order valence-corrected chi connectivity index (χ4v) is 2.33. The van der Waals surface area contributed by atoms with Crippen molar-refractivity contribution >= 4 is 5.69 Å². The molecule has 0 aliphatic carbocycles. The average Bonchev–Trinajstić information content (AvgIpc) is 2.37. The molecule has 18 heavy (non-hydrogen) atoms. The van der Waals surface area contributed by atoms with E-state index in [1.165, 1.54) is 6.07 Å². The molecule has 1 N–H and O–H groups in total. The van der Waals surface area contributed by atoms with Crippen LogP contribution in [0.1, 0.15) is 18.4 Å². The van der Waals surface area contributed by atoms with Gasteiger partial charge in [0.25, 0.3) is 0 Å². The molecule has 1 fully saturated rings. The third-order valence-corrected chi connectivity index (χ3v) is 3.38. The number of rotatable bonds is 3. The van der Waals surface area contributed by atoms with Crippen LogP contribution in [0.5, 0.6) is 0 Å². The lowest BCUT2D eigenvalue weighted by molar-refractivity contribution is 0.243. The Bertz CT molecular complexity index is 442. The highest BCUT2D eigenvalue weighted by Crippen LogP contribution is 2.20. The number of hydrogen-bond donors (Lipinski definition) is 1. The van der Waals surface area contributed by atoms with E-state index in [9.17, 15) is 4.39 Å². The van der Waals surface area contributed by atoms with Crippen molar-refractivity contribution in [1.82, 2.24) is 4.90 Å². The highest BCUT2D eigenvalue weighted by Gasteiger charge is 2.19. The fourth-order valence-electron chi connectivity index (χ4n) is 2.33. The first-order chi connectivity index (χ1) is 8.69. The summed E-state index contributed by atoms with van der Waals surface area (Å²) in [4.78, 5) is 2.25. The Morgan fingerprint density at radius 3 is 2.83 bits per heavy atom. The smallest absolute Gasteiger partial charge is 0.146 e. The molecular formula is C15H19FN2. The maximum absolute atomic E-state index is 13.6. The van der Waals surface area contributed by atoms with Crippen LogP contribution in [0.2, 0.25) is 0 Å². The van der Waals surface area contributed by atoms with Gasteiger partial charge in [-0.2, -0.15) is 0 Å². The van der Waals surface area contributed by atoms with Crippen LogP contribution in [0, 0.1) is 25.1 Å². The predicted molar refractivity (Wildman–Crippen MR) is 73.1 cm³/mol. The average molecular weight is 246 g/mol. The van der Waals surface area contributed by atoms with Crippen molar-refractivity contribution in [2.75, 3.05) is 25.0 Å². The van der Waals surface area contributed by atoms with Gasteiger partial charge < -0.3 is 5.32 Å². The number of nitrogens with one attached hydrogen (secondary N) is 1. The van der Waals surface area contributed by atoms with Crippen molar-refractivity contribution in [3.05, 3.63) is 29.6 Å². The van der Waals surface area contributed by atoms with Crippen molar-refractivity contribution in [3.8, 4) is 12.3 Å². The summed E-state index contributed by atoms with van der Waals surface area (Å²) in [5.74, 6) is 2.49. The van der Waals surface area contributed by atoms with Crippen molar-refractivity contribution in [2.45, 2.75) is 25.8 Å². The summed E-state index contributed by atoms with van der Waals surface area (Å²) in [7, 11) is 0. The quantitative estimate of drug-likeness (QED) is 0.825. The highest BCUT2D eigenvalue weighted by molar-refractivity contribution is 5.47. The summed E-state index contributed by atoms with van der Waals surface area (Å²) in [5, 5.41) is 3.30. The number of nitrogens with zero attached hydrogens (tertiary/aromatic N) is 1. The SMILES string of the molecule is C#CCN1CCC(Nc2cc(C)ccc2F)CC1. The molecule has 1 aromatic carbocycles. The van der Waals surface area contributed by atoms with Gasteiger partial charge in [0.2, 0.25) is 0 Å². The van der Waals surface area contributed by atoms with E-state index in [1.54, 1.807) is 6.07 Å². The van der Waals surface area contributed by atoms with E-state index in [-0.39, 0.29) is 5.82 Å². The number of likely N-dealkylation sites (tertiary alicyclic amines) is 1. The van der Waals surface area contributed by atoms with Crippen molar-refractivity contribution in [1.29, 1.82) is 0 Å². The van der Waals surface area contributed by atoms with Crippen LogP contribution >= 0.6 is 0 Å². The molecule has 2 nitrogen and oxygen atoms in total. The van der Waals surface area contributed by atoms with Crippen LogP contribution in [-0.2, 0) is 0 Å². The molecule has 0 radical (unpaired) electrons. The van der Waals surface area contributed by atoms with Gasteiger partial charge in [-0.15, -0.1) is 6.42 Å². The summed E-state index contributed by atoms with van der Waals surface area (Å²) in [6.07, 6.45) is 7.32. The minimum absolute atomic E-state index is 0.174. The number of halogens is 1. The molecule has 0 aromatic heterocycles. The van der Waals surface area contributed by atoms with Gasteiger partial charge in [0.15, 0.2) is 0 Å². The standard InChI is InChI=1S/C15H19FN2/c1-3-8-18-9-6-13(7-10-18)17-15-11-12(2)4-5-14(15)16/h1,4-5,11,13,17H,6-10H2,2H3. The molecule has 0 atom stereocenters. The Balaban J connectivity index is 1.92. The van der Waals surface area contributed by atoms with Crippen molar-refractivity contribution < 1.29 is 4.39 Å². The second-order valence-corrected chi connectivity index (χ2v) is 4.88. The molecule has 1 saturated heterocycles. The maximum atomic E-state index is 13.6. The molecule has 0 spiro atoms. The summed E-state index contributed by atoms with van der Waals surface area (Å²) in [6, 6.07) is 5.51. The Morgan fingerprint density at radius 2 is 2.17 bits per heavy atom. The van der Waals surface area contributed by atoms with E-state index in [4.69, 9.17) is 6.42 Å². The molecule has 1 aliphatic heterocycles. The van der Waals surface area contributed by atoms with Crippen LogP contribution in [0.4, 0.5) is 10.1 Å². The monoisotopic (exact) mass is 246 g/mol. The predicted octanol–water partition coefficient (Wildman–Crippen LogP) is 2.64. The minimum Gasteiger partial charge on any atom is -0.380 e. The second kappa shape index (κ2) is 5.88. The zero-order chi connectivity index (χ0) is 13.0. The van der Waals surface area contributed by atoms with E-state index in [0.29, 0.717) is 18.3 Å². The number of terminal acetylenes is 1. The van der Waals surface area contributed by atoms with Gasteiger partial charge in [0.05, 0.1) is 12.2 Å². The van der Waals surface area contributed by atoms with Gasteiger partial charge in [-0.1, -0.05) is 12.0 Å². The third kappa shape index (κ3) is 3.24. The second-order valence-electron chi connectivity index (χ2n) is 4.88. The normalized spacial score (nSPS) is 17.4. The zero-order valence-electron chi connectivity index (χ0n) is 10.7. The van der Waals surface area contributed by atoms with Crippen LogP contribution in [0.3, 0.4) is 0 Å². The van der Waals surface area contributed by atoms with Gasteiger partial charge >= 0.3 is 0 Å². The Kier molecular flexibility index (Phi) is 4.22. The molecule has 1 aliphatic rings. The highest BCUT2D eigenvalue weighted by atomic mass is 19.1. The van der Waals surface area contributed by atoms with Crippen LogP contribution in [0.25, 0.3) is 0 Å². The van der Waals surface area contributed by atoms with Gasteiger partial charge in [-0.3, -0.25) is 4.90 Å². The molecule has 3 heteroatoms. The molecule has 1 aromatic rings. The Morgan fingerprint density at radius 1 is 1.44 bits per heavy atom. The van der Waals surface area contributed by atoms with Crippen molar-refractivity contribution in [2.24, 2.45) is 0 Å².